The van der Waals surface area contributed by atoms with Gasteiger partial charge in [0.2, 0.25) is 11.8 Å². The summed E-state index contributed by atoms with van der Waals surface area (Å²) in [5, 5.41) is 12.8. The van der Waals surface area contributed by atoms with Crippen LogP contribution in [0.2, 0.25) is 0 Å². The molecule has 0 rings (SSSR count). The van der Waals surface area contributed by atoms with E-state index >= 15 is 0 Å². The van der Waals surface area contributed by atoms with Crippen molar-refractivity contribution in [3.63, 3.8) is 0 Å². The Bertz CT molecular complexity index is 381. The van der Waals surface area contributed by atoms with Crippen LogP contribution in [-0.4, -0.2) is 35.0 Å². The van der Waals surface area contributed by atoms with Crippen molar-refractivity contribution >= 4 is 23.8 Å². The molecule has 0 aromatic heterocycles. The molecule has 0 saturated heterocycles. The van der Waals surface area contributed by atoms with Gasteiger partial charge in [0.05, 0.1) is 0 Å². The molecule has 0 saturated carbocycles. The Kier molecular flexibility index (Phi) is 7.95. The highest BCUT2D eigenvalue weighted by Crippen LogP contribution is 2.01. The predicted molar refractivity (Wildman–Crippen MR) is 70.6 cm³/mol. The molecule has 0 bridgehead atoms. The number of rotatable bonds is 8. The molecule has 8 heteroatoms. The fourth-order valence-corrected chi connectivity index (χ4v) is 1.49. The van der Waals surface area contributed by atoms with Gasteiger partial charge in [-0.1, -0.05) is 13.8 Å². The number of urea groups is 1. The molecule has 8 nitrogen and oxygen atoms in total. The van der Waals surface area contributed by atoms with Gasteiger partial charge in [-0.25, -0.2) is 4.79 Å². The average molecular weight is 287 g/mol. The second kappa shape index (κ2) is 8.89. The summed E-state index contributed by atoms with van der Waals surface area (Å²) in [6.45, 7) is 3.42. The Labute approximate surface area is 117 Å². The standard InChI is InChI=1S/C12H21N3O5/c1-7(2)10(11(13)19)15-12(20)14-8(16)5-3-4-6-9(17)18/h7,10H,3-6H2,1-2H3,(H2,13,19)(H,17,18)(H2,14,15,16,20). The summed E-state index contributed by atoms with van der Waals surface area (Å²) in [5.41, 5.74) is 5.12. The number of amides is 4. The third kappa shape index (κ3) is 8.06. The number of hydrogen-bond acceptors (Lipinski definition) is 4. The molecule has 0 aliphatic carbocycles. The zero-order valence-corrected chi connectivity index (χ0v) is 11.6. The van der Waals surface area contributed by atoms with Gasteiger partial charge in [0.15, 0.2) is 0 Å². The quantitative estimate of drug-likeness (QED) is 0.464. The van der Waals surface area contributed by atoms with Gasteiger partial charge in [-0.15, -0.1) is 0 Å². The molecular formula is C12H21N3O5. The minimum Gasteiger partial charge on any atom is -0.481 e. The number of primary amides is 1. The minimum absolute atomic E-state index is 0.0173. The van der Waals surface area contributed by atoms with Crippen molar-refractivity contribution in [3.8, 4) is 0 Å². The summed E-state index contributed by atoms with van der Waals surface area (Å²) in [4.78, 5) is 44.2. The molecule has 0 aliphatic heterocycles. The fraction of sp³-hybridized carbons (Fsp3) is 0.667. The number of unbranched alkanes of at least 4 members (excludes halogenated alkanes) is 1. The summed E-state index contributed by atoms with van der Waals surface area (Å²) in [6.07, 6.45) is 0.759. The molecule has 0 heterocycles. The van der Waals surface area contributed by atoms with Gasteiger partial charge < -0.3 is 16.2 Å². The first kappa shape index (κ1) is 17.9. The number of carboxylic acid groups (broad SMARTS) is 1. The van der Waals surface area contributed by atoms with Crippen molar-refractivity contribution in [2.45, 2.75) is 45.6 Å². The van der Waals surface area contributed by atoms with Crippen molar-refractivity contribution in [2.75, 3.05) is 0 Å². The second-order valence-electron chi connectivity index (χ2n) is 4.75. The second-order valence-corrected chi connectivity index (χ2v) is 4.75. The highest BCUT2D eigenvalue weighted by Gasteiger charge is 2.22. The topological polar surface area (TPSA) is 139 Å². The van der Waals surface area contributed by atoms with Gasteiger partial charge in [0.1, 0.15) is 6.04 Å². The molecule has 1 unspecified atom stereocenters. The lowest BCUT2D eigenvalue weighted by atomic mass is 10.0. The lowest BCUT2D eigenvalue weighted by Crippen LogP contribution is -2.52. The third-order valence-corrected chi connectivity index (χ3v) is 2.56. The molecule has 0 aromatic carbocycles. The highest BCUT2D eigenvalue weighted by atomic mass is 16.4. The predicted octanol–water partition coefficient (Wildman–Crippen LogP) is -0.0329. The van der Waals surface area contributed by atoms with Gasteiger partial charge in [-0.05, 0) is 18.8 Å². The molecule has 5 N–H and O–H groups in total. The molecule has 0 radical (unpaired) electrons. The molecule has 0 aliphatic rings. The summed E-state index contributed by atoms with van der Waals surface area (Å²) < 4.78 is 0. The number of imide groups is 1. The normalized spacial score (nSPS) is 11.8. The Morgan fingerprint density at radius 2 is 1.65 bits per heavy atom. The van der Waals surface area contributed by atoms with E-state index < -0.39 is 29.9 Å². The number of carbonyl (C=O) groups excluding carboxylic acids is 3. The van der Waals surface area contributed by atoms with E-state index in [-0.39, 0.29) is 18.8 Å². The number of nitrogens with two attached hydrogens (primary N) is 1. The summed E-state index contributed by atoms with van der Waals surface area (Å²) in [6, 6.07) is -1.64. The first-order valence-electron chi connectivity index (χ1n) is 6.35. The first-order chi connectivity index (χ1) is 9.23. The Hall–Kier alpha value is -2.12. The number of carboxylic acids is 1. The van der Waals surface area contributed by atoms with Crippen LogP contribution in [0.15, 0.2) is 0 Å². The van der Waals surface area contributed by atoms with Crippen molar-refractivity contribution in [1.82, 2.24) is 10.6 Å². The lowest BCUT2D eigenvalue weighted by Gasteiger charge is -2.18. The van der Waals surface area contributed by atoms with Gasteiger partial charge in [0, 0.05) is 12.8 Å². The third-order valence-electron chi connectivity index (χ3n) is 2.56. The minimum atomic E-state index is -0.926. The first-order valence-corrected chi connectivity index (χ1v) is 6.35. The van der Waals surface area contributed by atoms with Gasteiger partial charge >= 0.3 is 12.0 Å². The van der Waals surface area contributed by atoms with E-state index in [0.29, 0.717) is 12.8 Å². The molecular weight excluding hydrogens is 266 g/mol. The summed E-state index contributed by atoms with van der Waals surface area (Å²) in [5.74, 6) is -2.32. The van der Waals surface area contributed by atoms with Crippen molar-refractivity contribution < 1.29 is 24.3 Å². The van der Waals surface area contributed by atoms with Crippen molar-refractivity contribution in [2.24, 2.45) is 11.7 Å². The van der Waals surface area contributed by atoms with Crippen molar-refractivity contribution in [1.29, 1.82) is 0 Å². The highest BCUT2D eigenvalue weighted by molar-refractivity contribution is 5.96. The molecule has 20 heavy (non-hydrogen) atoms. The molecule has 1 atom stereocenters. The van der Waals surface area contributed by atoms with Crippen LogP contribution < -0.4 is 16.4 Å². The van der Waals surface area contributed by atoms with Crippen LogP contribution in [0.5, 0.6) is 0 Å². The van der Waals surface area contributed by atoms with Crippen LogP contribution in [0.25, 0.3) is 0 Å². The maximum absolute atomic E-state index is 11.5. The number of nitrogens with one attached hydrogen (secondary N) is 2. The van der Waals surface area contributed by atoms with E-state index in [4.69, 9.17) is 10.8 Å². The smallest absolute Gasteiger partial charge is 0.322 e. The van der Waals surface area contributed by atoms with E-state index in [1.165, 1.54) is 0 Å². The van der Waals surface area contributed by atoms with Crippen LogP contribution >= 0.6 is 0 Å². The largest absolute Gasteiger partial charge is 0.481 e. The fourth-order valence-electron chi connectivity index (χ4n) is 1.49. The number of carbonyl (C=O) groups is 4. The van der Waals surface area contributed by atoms with E-state index in [0.717, 1.165) is 0 Å². The molecule has 114 valence electrons. The maximum atomic E-state index is 11.5. The van der Waals surface area contributed by atoms with E-state index in [1.807, 2.05) is 0 Å². The maximum Gasteiger partial charge on any atom is 0.322 e. The van der Waals surface area contributed by atoms with Crippen LogP contribution in [0.1, 0.15) is 39.5 Å². The zero-order chi connectivity index (χ0) is 15.7. The van der Waals surface area contributed by atoms with E-state index in [9.17, 15) is 19.2 Å². The van der Waals surface area contributed by atoms with E-state index in [1.54, 1.807) is 13.8 Å². The monoisotopic (exact) mass is 287 g/mol. The number of hydrogen-bond donors (Lipinski definition) is 4. The lowest BCUT2D eigenvalue weighted by molar-refractivity contribution is -0.137. The van der Waals surface area contributed by atoms with Crippen LogP contribution in [0.4, 0.5) is 4.79 Å². The Morgan fingerprint density at radius 1 is 1.10 bits per heavy atom. The average Bonchev–Trinajstić information content (AvgIpc) is 2.30. The molecule has 4 amide bonds. The van der Waals surface area contributed by atoms with Crippen molar-refractivity contribution in [3.05, 3.63) is 0 Å². The summed E-state index contributed by atoms with van der Waals surface area (Å²) in [7, 11) is 0. The Balaban J connectivity index is 4.04. The van der Waals surface area contributed by atoms with Crippen LogP contribution in [-0.2, 0) is 14.4 Å². The molecule has 0 aromatic rings. The SMILES string of the molecule is CC(C)C(NC(=O)NC(=O)CCCCC(=O)O)C(N)=O. The van der Waals surface area contributed by atoms with Gasteiger partial charge in [0.25, 0.3) is 0 Å². The van der Waals surface area contributed by atoms with Gasteiger partial charge in [-0.2, -0.15) is 0 Å². The number of aliphatic carboxylic acids is 1. The zero-order valence-electron chi connectivity index (χ0n) is 11.6. The van der Waals surface area contributed by atoms with Crippen LogP contribution in [0.3, 0.4) is 0 Å². The summed E-state index contributed by atoms with van der Waals surface area (Å²) >= 11 is 0. The molecule has 0 fully saturated rings. The van der Waals surface area contributed by atoms with Gasteiger partial charge in [-0.3, -0.25) is 19.7 Å². The Morgan fingerprint density at radius 3 is 2.10 bits per heavy atom. The van der Waals surface area contributed by atoms with Crippen LogP contribution in [0, 0.1) is 5.92 Å². The van der Waals surface area contributed by atoms with E-state index in [2.05, 4.69) is 10.6 Å². The molecule has 0 spiro atoms.